The van der Waals surface area contributed by atoms with Crippen molar-refractivity contribution in [1.82, 2.24) is 10.2 Å². The van der Waals surface area contributed by atoms with E-state index in [0.29, 0.717) is 38.1 Å². The average molecular weight is 487 g/mol. The smallest absolute Gasteiger partial charge is 0.222 e. The van der Waals surface area contributed by atoms with Gasteiger partial charge in [-0.15, -0.1) is 0 Å². The molecular weight excluding hydrogens is 444 g/mol. The molecular formula is C24H42N2O8. The number of amides is 2. The summed E-state index contributed by atoms with van der Waals surface area (Å²) in [5.74, 6) is 0.420. The van der Waals surface area contributed by atoms with Crippen molar-refractivity contribution in [2.75, 3.05) is 26.4 Å². The van der Waals surface area contributed by atoms with Crippen molar-refractivity contribution in [3.63, 3.8) is 0 Å². The monoisotopic (exact) mass is 486 g/mol. The lowest BCUT2D eigenvalue weighted by Crippen LogP contribution is -2.64. The molecule has 10 heteroatoms. The van der Waals surface area contributed by atoms with Gasteiger partial charge in [-0.1, -0.05) is 13.3 Å². The van der Waals surface area contributed by atoms with Crippen LogP contribution in [0.15, 0.2) is 0 Å². The molecule has 1 aliphatic carbocycles. The first-order chi connectivity index (χ1) is 16.3. The molecule has 3 aliphatic rings. The van der Waals surface area contributed by atoms with Gasteiger partial charge in [0.2, 0.25) is 11.8 Å². The van der Waals surface area contributed by atoms with Gasteiger partial charge in [0.05, 0.1) is 25.4 Å². The van der Waals surface area contributed by atoms with Crippen LogP contribution < -0.4 is 5.32 Å². The minimum Gasteiger partial charge on any atom is -0.394 e. The van der Waals surface area contributed by atoms with Gasteiger partial charge in [-0.2, -0.15) is 0 Å². The molecule has 3 fully saturated rings. The lowest BCUT2D eigenvalue weighted by atomic mass is 9.83. The molecule has 34 heavy (non-hydrogen) atoms. The Morgan fingerprint density at radius 1 is 1.09 bits per heavy atom. The molecule has 0 spiro atoms. The van der Waals surface area contributed by atoms with E-state index in [-0.39, 0.29) is 17.9 Å². The Bertz CT molecular complexity index is 665. The molecule has 3 rings (SSSR count). The Kier molecular flexibility index (Phi) is 10.5. The van der Waals surface area contributed by atoms with Crippen molar-refractivity contribution in [3.8, 4) is 0 Å². The van der Waals surface area contributed by atoms with Crippen molar-refractivity contribution in [2.24, 2.45) is 5.92 Å². The van der Waals surface area contributed by atoms with E-state index in [0.717, 1.165) is 38.6 Å². The van der Waals surface area contributed by atoms with E-state index in [2.05, 4.69) is 12.2 Å². The number of hydrogen-bond acceptors (Lipinski definition) is 8. The number of aliphatic hydroxyl groups is 3. The SMILES string of the molecule is CC(=O)NC1C(OCCCCCC(=O)N2CCC[C@H]2COC2CCC2C)OC(CO)C(O)C1O. The summed E-state index contributed by atoms with van der Waals surface area (Å²) in [5, 5.41) is 32.3. The summed E-state index contributed by atoms with van der Waals surface area (Å²) in [6.45, 7) is 4.79. The number of aliphatic hydroxyl groups excluding tert-OH is 3. The zero-order chi connectivity index (χ0) is 24.7. The third-order valence-electron chi connectivity index (χ3n) is 7.31. The summed E-state index contributed by atoms with van der Waals surface area (Å²) in [5.41, 5.74) is 0. The topological polar surface area (TPSA) is 138 Å². The molecule has 8 atom stereocenters. The van der Waals surface area contributed by atoms with Crippen molar-refractivity contribution < 1.29 is 39.1 Å². The lowest BCUT2D eigenvalue weighted by molar-refractivity contribution is -0.270. The Labute approximate surface area is 201 Å². The first-order valence-corrected chi connectivity index (χ1v) is 12.7. The second kappa shape index (κ2) is 13.1. The fourth-order valence-corrected chi connectivity index (χ4v) is 4.97. The zero-order valence-electron chi connectivity index (χ0n) is 20.4. The van der Waals surface area contributed by atoms with Crippen LogP contribution in [0.5, 0.6) is 0 Å². The number of ether oxygens (including phenoxy) is 3. The van der Waals surface area contributed by atoms with Crippen LogP contribution in [-0.2, 0) is 23.8 Å². The Morgan fingerprint density at radius 2 is 1.88 bits per heavy atom. The minimum atomic E-state index is -1.33. The summed E-state index contributed by atoms with van der Waals surface area (Å²) < 4.78 is 17.3. The van der Waals surface area contributed by atoms with Crippen LogP contribution in [0.4, 0.5) is 0 Å². The number of nitrogens with one attached hydrogen (secondary N) is 1. The Morgan fingerprint density at radius 3 is 2.53 bits per heavy atom. The molecule has 0 aromatic rings. The molecule has 2 aliphatic heterocycles. The first kappa shape index (κ1) is 27.3. The molecule has 0 aromatic carbocycles. The summed E-state index contributed by atoms with van der Waals surface area (Å²) >= 11 is 0. The van der Waals surface area contributed by atoms with Crippen molar-refractivity contribution in [2.45, 2.75) is 108 Å². The van der Waals surface area contributed by atoms with Crippen LogP contribution in [-0.4, -0.2) is 101 Å². The van der Waals surface area contributed by atoms with E-state index in [4.69, 9.17) is 14.2 Å². The van der Waals surface area contributed by atoms with Gasteiger partial charge < -0.3 is 39.7 Å². The number of unbranched alkanes of at least 4 members (excludes halogenated alkanes) is 2. The van der Waals surface area contributed by atoms with Gasteiger partial charge >= 0.3 is 0 Å². The van der Waals surface area contributed by atoms with E-state index in [1.54, 1.807) is 0 Å². The third kappa shape index (κ3) is 7.11. The van der Waals surface area contributed by atoms with Gasteiger partial charge in [0.1, 0.15) is 24.4 Å². The maximum Gasteiger partial charge on any atom is 0.222 e. The molecule has 2 saturated heterocycles. The summed E-state index contributed by atoms with van der Waals surface area (Å²) in [4.78, 5) is 26.2. The second-order valence-electron chi connectivity index (χ2n) is 9.92. The molecule has 4 N–H and O–H groups in total. The zero-order valence-corrected chi connectivity index (χ0v) is 20.4. The van der Waals surface area contributed by atoms with Gasteiger partial charge in [-0.3, -0.25) is 9.59 Å². The average Bonchev–Trinajstić information content (AvgIpc) is 3.27. The standard InChI is InChI=1S/C24H42N2O8/c1-15-9-10-18(15)33-14-17-7-6-11-26(17)20(29)8-4-3-5-12-32-24-21(25-16(2)28)23(31)22(30)19(13-27)34-24/h15,17-19,21-24,27,30-31H,3-14H2,1-2H3,(H,25,28)/t15?,17-,18?,19?,21?,22?,23?,24?/m0/s1. The highest BCUT2D eigenvalue weighted by Gasteiger charge is 2.45. The maximum absolute atomic E-state index is 12.7. The van der Waals surface area contributed by atoms with Crippen LogP contribution in [0.3, 0.4) is 0 Å². The highest BCUT2D eigenvalue weighted by Crippen LogP contribution is 2.31. The van der Waals surface area contributed by atoms with Crippen LogP contribution in [0, 0.1) is 5.92 Å². The summed E-state index contributed by atoms with van der Waals surface area (Å²) in [6.07, 6.45) is 2.81. The lowest BCUT2D eigenvalue weighted by Gasteiger charge is -2.42. The van der Waals surface area contributed by atoms with E-state index in [9.17, 15) is 24.9 Å². The molecule has 0 radical (unpaired) electrons. The maximum atomic E-state index is 12.7. The van der Waals surface area contributed by atoms with Crippen LogP contribution in [0.2, 0.25) is 0 Å². The largest absolute Gasteiger partial charge is 0.394 e. The summed E-state index contributed by atoms with van der Waals surface area (Å²) in [7, 11) is 0. The van der Waals surface area contributed by atoms with E-state index < -0.39 is 37.3 Å². The number of carbonyl (C=O) groups is 2. The Hall–Kier alpha value is -1.30. The fourth-order valence-electron chi connectivity index (χ4n) is 4.97. The number of carbonyl (C=O) groups excluding carboxylic acids is 2. The van der Waals surface area contributed by atoms with Gasteiger partial charge in [0.25, 0.3) is 0 Å². The minimum absolute atomic E-state index is 0.179. The molecule has 196 valence electrons. The highest BCUT2D eigenvalue weighted by atomic mass is 16.7. The van der Waals surface area contributed by atoms with Crippen molar-refractivity contribution >= 4 is 11.8 Å². The van der Waals surface area contributed by atoms with Gasteiger partial charge in [0, 0.05) is 26.5 Å². The first-order valence-electron chi connectivity index (χ1n) is 12.7. The molecule has 10 nitrogen and oxygen atoms in total. The van der Waals surface area contributed by atoms with Gasteiger partial charge in [0.15, 0.2) is 6.29 Å². The number of hydrogen-bond donors (Lipinski definition) is 4. The molecule has 1 saturated carbocycles. The Balaban J connectivity index is 1.34. The molecule has 0 aromatic heterocycles. The predicted octanol–water partition coefficient (Wildman–Crippen LogP) is 0.313. The quantitative estimate of drug-likeness (QED) is 0.289. The van der Waals surface area contributed by atoms with Crippen LogP contribution in [0.1, 0.15) is 65.2 Å². The van der Waals surface area contributed by atoms with Crippen molar-refractivity contribution in [3.05, 3.63) is 0 Å². The third-order valence-corrected chi connectivity index (χ3v) is 7.31. The van der Waals surface area contributed by atoms with E-state index in [1.165, 1.54) is 13.3 Å². The van der Waals surface area contributed by atoms with Crippen LogP contribution in [0.25, 0.3) is 0 Å². The van der Waals surface area contributed by atoms with E-state index in [1.807, 2.05) is 4.90 Å². The molecule has 2 amide bonds. The van der Waals surface area contributed by atoms with Gasteiger partial charge in [-0.25, -0.2) is 0 Å². The number of likely N-dealkylation sites (tertiary alicyclic amines) is 1. The van der Waals surface area contributed by atoms with Crippen LogP contribution >= 0.6 is 0 Å². The number of rotatable bonds is 12. The second-order valence-corrected chi connectivity index (χ2v) is 9.92. The fraction of sp³-hybridized carbons (Fsp3) is 0.917. The normalized spacial score (nSPS) is 35.7. The summed E-state index contributed by atoms with van der Waals surface area (Å²) in [6, 6.07) is -0.742. The van der Waals surface area contributed by atoms with Crippen molar-refractivity contribution in [1.29, 1.82) is 0 Å². The molecule has 0 bridgehead atoms. The number of nitrogens with zero attached hydrogens (tertiary/aromatic N) is 1. The predicted molar refractivity (Wildman–Crippen MR) is 123 cm³/mol. The van der Waals surface area contributed by atoms with Gasteiger partial charge in [-0.05, 0) is 44.4 Å². The molecule has 7 unspecified atom stereocenters. The highest BCUT2D eigenvalue weighted by molar-refractivity contribution is 5.76. The van der Waals surface area contributed by atoms with E-state index >= 15 is 0 Å². The molecule has 2 heterocycles.